The van der Waals surface area contributed by atoms with Crippen LogP contribution in [0.5, 0.6) is 0 Å². The van der Waals surface area contributed by atoms with E-state index in [-0.39, 0.29) is 5.75 Å². The van der Waals surface area contributed by atoms with Gasteiger partial charge in [0.2, 0.25) is 11.8 Å². The second-order valence-corrected chi connectivity index (χ2v) is 4.93. The summed E-state index contributed by atoms with van der Waals surface area (Å²) in [5.41, 5.74) is 5.46. The van der Waals surface area contributed by atoms with Crippen molar-refractivity contribution in [1.82, 2.24) is 10.2 Å². The molecule has 5 N–H and O–H groups in total. The van der Waals surface area contributed by atoms with E-state index < -0.39 is 42.5 Å². The molecule has 1 rings (SSSR count). The Balaban J connectivity index is 2.72. The molecule has 1 heterocycles. The number of nitrogens with one attached hydrogen (secondary N) is 1. The standard InChI is InChI=1S/C11H19N3O5S/c12-6(5-20)9(16)13-7(4-15)10(17)14-3-1-2-8(14)11(18)19/h6-8,15,20H,1-5,12H2,(H,13,16)(H,18,19). The van der Waals surface area contributed by atoms with Gasteiger partial charge in [-0.1, -0.05) is 0 Å². The van der Waals surface area contributed by atoms with Crippen LogP contribution in [0.1, 0.15) is 12.8 Å². The molecule has 0 aromatic heterocycles. The highest BCUT2D eigenvalue weighted by Crippen LogP contribution is 2.18. The number of nitrogens with two attached hydrogens (primary N) is 1. The molecule has 0 bridgehead atoms. The van der Waals surface area contributed by atoms with Crippen molar-refractivity contribution in [1.29, 1.82) is 0 Å². The zero-order chi connectivity index (χ0) is 15.3. The normalized spacial score (nSPS) is 21.4. The van der Waals surface area contributed by atoms with Crippen LogP contribution in [0.4, 0.5) is 0 Å². The Labute approximate surface area is 121 Å². The largest absolute Gasteiger partial charge is 0.480 e. The summed E-state index contributed by atoms with van der Waals surface area (Å²) in [7, 11) is 0. The Hall–Kier alpha value is -1.32. The third-order valence-corrected chi connectivity index (χ3v) is 3.54. The van der Waals surface area contributed by atoms with Gasteiger partial charge in [0.15, 0.2) is 0 Å². The van der Waals surface area contributed by atoms with Crippen LogP contribution in [-0.2, 0) is 14.4 Å². The molecule has 3 unspecified atom stereocenters. The zero-order valence-electron chi connectivity index (χ0n) is 10.9. The Morgan fingerprint density at radius 3 is 2.60 bits per heavy atom. The number of aliphatic carboxylic acids is 1. The number of carboxylic acid groups (broad SMARTS) is 1. The predicted molar refractivity (Wildman–Crippen MR) is 73.2 cm³/mol. The minimum Gasteiger partial charge on any atom is -0.480 e. The van der Waals surface area contributed by atoms with Crippen LogP contribution in [0.2, 0.25) is 0 Å². The highest BCUT2D eigenvalue weighted by molar-refractivity contribution is 7.80. The first-order valence-electron chi connectivity index (χ1n) is 6.23. The number of carboxylic acids is 1. The molecule has 9 heteroatoms. The van der Waals surface area contributed by atoms with E-state index >= 15 is 0 Å². The van der Waals surface area contributed by atoms with Crippen LogP contribution in [0, 0.1) is 0 Å². The molecule has 3 atom stereocenters. The lowest BCUT2D eigenvalue weighted by Crippen LogP contribution is -2.56. The van der Waals surface area contributed by atoms with E-state index in [4.69, 9.17) is 10.8 Å². The molecule has 8 nitrogen and oxygen atoms in total. The number of nitrogens with zero attached hydrogens (tertiary/aromatic N) is 1. The summed E-state index contributed by atoms with van der Waals surface area (Å²) < 4.78 is 0. The summed E-state index contributed by atoms with van der Waals surface area (Å²) in [5, 5.41) is 20.5. The number of aliphatic hydroxyl groups is 1. The quantitative estimate of drug-likeness (QED) is 0.354. The third kappa shape index (κ3) is 3.84. The smallest absolute Gasteiger partial charge is 0.326 e. The first-order chi connectivity index (χ1) is 9.42. The lowest BCUT2D eigenvalue weighted by Gasteiger charge is -2.26. The number of aliphatic hydroxyl groups excluding tert-OH is 1. The van der Waals surface area contributed by atoms with E-state index in [1.54, 1.807) is 0 Å². The van der Waals surface area contributed by atoms with Gasteiger partial charge in [-0.3, -0.25) is 9.59 Å². The van der Waals surface area contributed by atoms with Crippen LogP contribution in [0.3, 0.4) is 0 Å². The van der Waals surface area contributed by atoms with Gasteiger partial charge in [-0.2, -0.15) is 12.6 Å². The number of likely N-dealkylation sites (tertiary alicyclic amines) is 1. The van der Waals surface area contributed by atoms with Gasteiger partial charge < -0.3 is 26.2 Å². The van der Waals surface area contributed by atoms with Crippen molar-refractivity contribution in [3.05, 3.63) is 0 Å². The fourth-order valence-electron chi connectivity index (χ4n) is 2.03. The van der Waals surface area contributed by atoms with E-state index in [0.29, 0.717) is 19.4 Å². The maximum Gasteiger partial charge on any atom is 0.326 e. The van der Waals surface area contributed by atoms with Crippen molar-refractivity contribution in [2.45, 2.75) is 31.0 Å². The van der Waals surface area contributed by atoms with E-state index in [2.05, 4.69) is 17.9 Å². The molecule has 0 aliphatic carbocycles. The number of hydrogen-bond acceptors (Lipinski definition) is 6. The van der Waals surface area contributed by atoms with Gasteiger partial charge in [-0.25, -0.2) is 4.79 Å². The molecule has 1 saturated heterocycles. The van der Waals surface area contributed by atoms with Gasteiger partial charge in [-0.05, 0) is 12.8 Å². The van der Waals surface area contributed by atoms with Crippen LogP contribution < -0.4 is 11.1 Å². The van der Waals surface area contributed by atoms with Gasteiger partial charge >= 0.3 is 5.97 Å². The summed E-state index contributed by atoms with van der Waals surface area (Å²) >= 11 is 3.87. The predicted octanol–water partition coefficient (Wildman–Crippen LogP) is -2.20. The number of carbonyl (C=O) groups excluding carboxylic acids is 2. The topological polar surface area (TPSA) is 133 Å². The van der Waals surface area contributed by atoms with E-state index in [0.717, 1.165) is 4.90 Å². The lowest BCUT2D eigenvalue weighted by atomic mass is 10.2. The Morgan fingerprint density at radius 1 is 1.45 bits per heavy atom. The zero-order valence-corrected chi connectivity index (χ0v) is 11.8. The summed E-state index contributed by atoms with van der Waals surface area (Å²) in [6.07, 6.45) is 0.939. The first kappa shape index (κ1) is 16.7. The Bertz CT molecular complexity index is 392. The van der Waals surface area contributed by atoms with E-state index in [1.807, 2.05) is 0 Å². The molecule has 0 spiro atoms. The highest BCUT2D eigenvalue weighted by atomic mass is 32.1. The van der Waals surface area contributed by atoms with Crippen molar-refractivity contribution in [2.24, 2.45) is 5.73 Å². The minimum atomic E-state index is -1.19. The first-order valence-corrected chi connectivity index (χ1v) is 6.86. The molecule has 2 amide bonds. The van der Waals surface area contributed by atoms with Crippen molar-refractivity contribution in [3.8, 4) is 0 Å². The van der Waals surface area contributed by atoms with Gasteiger partial charge in [-0.15, -0.1) is 0 Å². The van der Waals surface area contributed by atoms with Crippen molar-refractivity contribution >= 4 is 30.4 Å². The van der Waals surface area contributed by atoms with Crippen LogP contribution >= 0.6 is 12.6 Å². The number of hydrogen-bond donors (Lipinski definition) is 5. The van der Waals surface area contributed by atoms with Gasteiger partial charge in [0.25, 0.3) is 0 Å². The monoisotopic (exact) mass is 305 g/mol. The Morgan fingerprint density at radius 2 is 2.10 bits per heavy atom. The fourth-order valence-corrected chi connectivity index (χ4v) is 2.20. The molecule has 1 aliphatic rings. The molecular formula is C11H19N3O5S. The Kier molecular flexibility index (Phi) is 6.24. The minimum absolute atomic E-state index is 0.0969. The van der Waals surface area contributed by atoms with E-state index in [9.17, 15) is 19.5 Å². The van der Waals surface area contributed by atoms with Gasteiger partial charge in [0.1, 0.15) is 12.1 Å². The molecule has 114 valence electrons. The molecule has 0 aromatic carbocycles. The van der Waals surface area contributed by atoms with Crippen LogP contribution in [0.15, 0.2) is 0 Å². The van der Waals surface area contributed by atoms with Gasteiger partial charge in [0, 0.05) is 12.3 Å². The SMILES string of the molecule is NC(CS)C(=O)NC(CO)C(=O)N1CCCC1C(=O)O. The van der Waals surface area contributed by atoms with Gasteiger partial charge in [0.05, 0.1) is 12.6 Å². The lowest BCUT2D eigenvalue weighted by molar-refractivity contribution is -0.149. The van der Waals surface area contributed by atoms with Crippen molar-refractivity contribution in [2.75, 3.05) is 18.9 Å². The van der Waals surface area contributed by atoms with Crippen LogP contribution in [0.25, 0.3) is 0 Å². The average Bonchev–Trinajstić information content (AvgIpc) is 2.92. The summed E-state index contributed by atoms with van der Waals surface area (Å²) in [5.74, 6) is -2.22. The second kappa shape index (κ2) is 7.46. The molecule has 0 aromatic rings. The highest BCUT2D eigenvalue weighted by Gasteiger charge is 2.37. The fraction of sp³-hybridized carbons (Fsp3) is 0.727. The number of carbonyl (C=O) groups is 3. The molecule has 0 radical (unpaired) electrons. The molecular weight excluding hydrogens is 286 g/mol. The van der Waals surface area contributed by atoms with Crippen molar-refractivity contribution in [3.63, 3.8) is 0 Å². The van der Waals surface area contributed by atoms with Crippen LogP contribution in [-0.4, -0.2) is 69.9 Å². The average molecular weight is 305 g/mol. The second-order valence-electron chi connectivity index (χ2n) is 4.56. The number of amides is 2. The number of thiol groups is 1. The maximum absolute atomic E-state index is 12.2. The molecule has 0 saturated carbocycles. The summed E-state index contributed by atoms with van der Waals surface area (Å²) in [4.78, 5) is 36.0. The summed E-state index contributed by atoms with van der Waals surface area (Å²) in [6, 6.07) is -2.99. The van der Waals surface area contributed by atoms with E-state index in [1.165, 1.54) is 0 Å². The number of rotatable bonds is 6. The van der Waals surface area contributed by atoms with Crippen molar-refractivity contribution < 1.29 is 24.6 Å². The molecule has 20 heavy (non-hydrogen) atoms. The summed E-state index contributed by atoms with van der Waals surface area (Å²) in [6.45, 7) is -0.326. The molecule has 1 aliphatic heterocycles. The maximum atomic E-state index is 12.2. The molecule has 1 fully saturated rings. The third-order valence-electron chi connectivity index (χ3n) is 3.15.